The van der Waals surface area contributed by atoms with Gasteiger partial charge >= 0.3 is 0 Å². The SMILES string of the molecule is Fc1ccccc1[C@@H]1[C@@H]2CC=C[C@@H]2c2c3c(cc4ccccc24)[C@H]2C=CC[C@@H]2CN31. The molecule has 0 fully saturated rings. The molecule has 2 heteroatoms. The molecule has 0 saturated carbocycles. The molecule has 2 aliphatic heterocycles. The molecular weight excluding hydrogens is 369 g/mol. The molecule has 0 N–H and O–H groups in total. The Bertz CT molecular complexity index is 1240. The highest BCUT2D eigenvalue weighted by Gasteiger charge is 2.48. The largest absolute Gasteiger partial charge is 0.363 e. The molecule has 0 saturated heterocycles. The van der Waals surface area contributed by atoms with E-state index in [9.17, 15) is 0 Å². The van der Waals surface area contributed by atoms with Gasteiger partial charge in [-0.2, -0.15) is 0 Å². The van der Waals surface area contributed by atoms with Gasteiger partial charge in [-0.3, -0.25) is 0 Å². The van der Waals surface area contributed by atoms with E-state index in [2.05, 4.69) is 59.5 Å². The molecule has 7 rings (SSSR count). The Morgan fingerprint density at radius 2 is 1.63 bits per heavy atom. The highest BCUT2D eigenvalue weighted by molar-refractivity contribution is 5.94. The molecule has 148 valence electrons. The number of hydrogen-bond acceptors (Lipinski definition) is 1. The molecule has 2 aliphatic carbocycles. The van der Waals surface area contributed by atoms with Gasteiger partial charge in [-0.1, -0.05) is 66.8 Å². The molecule has 0 spiro atoms. The molecule has 0 unspecified atom stereocenters. The van der Waals surface area contributed by atoms with Crippen molar-refractivity contribution in [3.63, 3.8) is 0 Å². The molecule has 1 nitrogen and oxygen atoms in total. The molecule has 5 atom stereocenters. The van der Waals surface area contributed by atoms with Crippen molar-refractivity contribution >= 4 is 16.5 Å². The van der Waals surface area contributed by atoms with E-state index in [1.54, 1.807) is 6.07 Å². The quantitative estimate of drug-likeness (QED) is 0.408. The second kappa shape index (κ2) is 6.07. The Hall–Kier alpha value is -2.87. The fraction of sp³-hybridized carbons (Fsp3) is 0.286. The molecule has 0 bridgehead atoms. The highest BCUT2D eigenvalue weighted by atomic mass is 19.1. The zero-order valence-corrected chi connectivity index (χ0v) is 16.8. The second-order valence-electron chi connectivity index (χ2n) is 9.37. The second-order valence-corrected chi connectivity index (χ2v) is 9.37. The fourth-order valence-electron chi connectivity index (χ4n) is 6.80. The molecule has 0 radical (unpaired) electrons. The van der Waals surface area contributed by atoms with Gasteiger partial charge in [0.05, 0.1) is 6.04 Å². The standard InChI is InChI=1S/C28H24FN/c29-25-14-4-3-10-23(25)27-22-13-6-12-21(22)26-20-9-2-1-7-17(20)15-24-19-11-5-8-18(19)16-30(27)28(24)26/h1-7,9-12,14-15,18-19,21-22,27H,8,13,16H2/t18-,19+,21+,22-,27+/m1/s1. The lowest BCUT2D eigenvalue weighted by Gasteiger charge is -2.51. The summed E-state index contributed by atoms with van der Waals surface area (Å²) >= 11 is 0. The van der Waals surface area contributed by atoms with Crippen LogP contribution in [0.25, 0.3) is 10.8 Å². The molecule has 4 aliphatic rings. The van der Waals surface area contributed by atoms with Gasteiger partial charge in [-0.05, 0) is 58.7 Å². The first kappa shape index (κ1) is 16.9. The lowest BCUT2D eigenvalue weighted by atomic mass is 9.69. The minimum absolute atomic E-state index is 0.0643. The van der Waals surface area contributed by atoms with Crippen molar-refractivity contribution in [3.8, 4) is 0 Å². The molecule has 0 amide bonds. The summed E-state index contributed by atoms with van der Waals surface area (Å²) in [6.45, 7) is 1.01. The zero-order valence-electron chi connectivity index (χ0n) is 16.8. The summed E-state index contributed by atoms with van der Waals surface area (Å²) in [7, 11) is 0. The van der Waals surface area contributed by atoms with Gasteiger partial charge < -0.3 is 4.90 Å². The Labute approximate surface area is 176 Å². The number of rotatable bonds is 1. The van der Waals surface area contributed by atoms with Gasteiger partial charge in [0.1, 0.15) is 5.82 Å². The topological polar surface area (TPSA) is 3.24 Å². The smallest absolute Gasteiger partial charge is 0.128 e. The summed E-state index contributed by atoms with van der Waals surface area (Å²) < 4.78 is 15.1. The van der Waals surface area contributed by atoms with Gasteiger partial charge in [0.2, 0.25) is 0 Å². The predicted octanol–water partition coefficient (Wildman–Crippen LogP) is 6.87. The molecule has 3 aromatic carbocycles. The minimum atomic E-state index is -0.0643. The number of fused-ring (bicyclic) bond motifs is 6. The van der Waals surface area contributed by atoms with Crippen molar-refractivity contribution in [3.05, 3.63) is 101 Å². The highest BCUT2D eigenvalue weighted by Crippen LogP contribution is 2.60. The van der Waals surface area contributed by atoms with Crippen LogP contribution in [-0.4, -0.2) is 6.54 Å². The maximum absolute atomic E-state index is 15.1. The van der Waals surface area contributed by atoms with E-state index in [0.717, 1.165) is 24.9 Å². The maximum Gasteiger partial charge on any atom is 0.128 e. The predicted molar refractivity (Wildman–Crippen MR) is 120 cm³/mol. The normalized spacial score (nSPS) is 30.4. The van der Waals surface area contributed by atoms with Crippen LogP contribution in [-0.2, 0) is 0 Å². The Balaban J connectivity index is 1.56. The Morgan fingerprint density at radius 3 is 2.57 bits per heavy atom. The van der Waals surface area contributed by atoms with Gasteiger partial charge in [-0.25, -0.2) is 4.39 Å². The third-order valence-electron chi connectivity index (χ3n) is 7.97. The zero-order chi connectivity index (χ0) is 19.8. The van der Waals surface area contributed by atoms with E-state index in [4.69, 9.17) is 0 Å². The van der Waals surface area contributed by atoms with Crippen LogP contribution in [0.2, 0.25) is 0 Å². The van der Waals surface area contributed by atoms with E-state index < -0.39 is 0 Å². The minimum Gasteiger partial charge on any atom is -0.363 e. The van der Waals surface area contributed by atoms with Crippen molar-refractivity contribution in [1.29, 1.82) is 0 Å². The van der Waals surface area contributed by atoms with Crippen molar-refractivity contribution in [2.24, 2.45) is 11.8 Å². The Morgan fingerprint density at radius 1 is 0.833 bits per heavy atom. The molecule has 30 heavy (non-hydrogen) atoms. The first-order valence-corrected chi connectivity index (χ1v) is 11.2. The van der Waals surface area contributed by atoms with E-state index in [1.165, 1.54) is 27.6 Å². The maximum atomic E-state index is 15.1. The Kier molecular flexibility index (Phi) is 3.42. The summed E-state index contributed by atoms with van der Waals surface area (Å²) in [5, 5.41) is 2.71. The van der Waals surface area contributed by atoms with Crippen LogP contribution in [0.3, 0.4) is 0 Å². The van der Waals surface area contributed by atoms with Crippen LogP contribution in [0.15, 0.2) is 78.9 Å². The fourth-order valence-corrected chi connectivity index (χ4v) is 6.80. The van der Waals surface area contributed by atoms with Crippen LogP contribution in [0, 0.1) is 17.7 Å². The molecular formula is C28H24FN. The summed E-state index contributed by atoms with van der Waals surface area (Å²) in [6.07, 6.45) is 11.6. The lowest BCUT2D eigenvalue weighted by molar-refractivity contribution is 0.329. The van der Waals surface area contributed by atoms with Gasteiger partial charge in [0, 0.05) is 29.6 Å². The van der Waals surface area contributed by atoms with Crippen molar-refractivity contribution < 1.29 is 4.39 Å². The van der Waals surface area contributed by atoms with E-state index in [-0.39, 0.29) is 11.9 Å². The van der Waals surface area contributed by atoms with Crippen molar-refractivity contribution in [1.82, 2.24) is 0 Å². The van der Waals surface area contributed by atoms with Gasteiger partial charge in [-0.15, -0.1) is 0 Å². The number of hydrogen-bond donors (Lipinski definition) is 0. The van der Waals surface area contributed by atoms with Crippen molar-refractivity contribution in [2.45, 2.75) is 30.7 Å². The van der Waals surface area contributed by atoms with E-state index in [0.29, 0.717) is 23.7 Å². The summed E-state index contributed by atoms with van der Waals surface area (Å²) in [5.41, 5.74) is 5.19. The van der Waals surface area contributed by atoms with E-state index >= 15 is 4.39 Å². The van der Waals surface area contributed by atoms with Crippen molar-refractivity contribution in [2.75, 3.05) is 11.4 Å². The molecule has 2 heterocycles. The average Bonchev–Trinajstić information content (AvgIpc) is 3.44. The summed E-state index contributed by atoms with van der Waals surface area (Å²) in [5.74, 6) is 1.76. The van der Waals surface area contributed by atoms with Gasteiger partial charge in [0.15, 0.2) is 0 Å². The summed E-state index contributed by atoms with van der Waals surface area (Å²) in [4.78, 5) is 2.60. The van der Waals surface area contributed by atoms with Crippen LogP contribution < -0.4 is 4.90 Å². The van der Waals surface area contributed by atoms with Crippen LogP contribution >= 0.6 is 0 Å². The van der Waals surface area contributed by atoms with Crippen LogP contribution in [0.1, 0.15) is 47.4 Å². The number of anilines is 1. The van der Waals surface area contributed by atoms with Gasteiger partial charge in [0.25, 0.3) is 0 Å². The molecule has 0 aromatic heterocycles. The molecule has 3 aromatic rings. The van der Waals surface area contributed by atoms with Crippen LogP contribution in [0.4, 0.5) is 10.1 Å². The van der Waals surface area contributed by atoms with Crippen LogP contribution in [0.5, 0.6) is 0 Å². The first-order chi connectivity index (χ1) is 14.8. The number of nitrogens with zero attached hydrogens (tertiary/aromatic N) is 1. The number of allylic oxidation sites excluding steroid dienone is 4. The number of halogens is 1. The number of benzene rings is 3. The first-order valence-electron chi connectivity index (χ1n) is 11.2. The average molecular weight is 394 g/mol. The van der Waals surface area contributed by atoms with E-state index in [1.807, 2.05) is 18.2 Å². The lowest BCUT2D eigenvalue weighted by Crippen LogP contribution is -2.46. The third-order valence-corrected chi connectivity index (χ3v) is 7.97. The third kappa shape index (κ3) is 2.12. The monoisotopic (exact) mass is 393 g/mol. The summed E-state index contributed by atoms with van der Waals surface area (Å²) in [6, 6.07) is 18.8.